The molecule has 0 N–H and O–H groups in total. The van der Waals surface area contributed by atoms with Crippen molar-refractivity contribution >= 4 is 11.8 Å². The van der Waals surface area contributed by atoms with Gasteiger partial charge in [0.2, 0.25) is 5.91 Å². The minimum atomic E-state index is -2.01. The number of amides is 2. The summed E-state index contributed by atoms with van der Waals surface area (Å²) in [6.07, 6.45) is 0. The first-order valence-electron chi connectivity index (χ1n) is 3.40. The molecule has 2 amide bonds. The largest absolute Gasteiger partial charge is 0.283 e. The lowest BCUT2D eigenvalue weighted by atomic mass is 9.96. The van der Waals surface area contributed by atoms with Crippen molar-refractivity contribution in [1.82, 2.24) is 4.90 Å². The van der Waals surface area contributed by atoms with Gasteiger partial charge in [0.15, 0.2) is 5.67 Å². The summed E-state index contributed by atoms with van der Waals surface area (Å²) >= 11 is 0. The molecular weight excluding hydrogens is 149 g/mol. The summed E-state index contributed by atoms with van der Waals surface area (Å²) in [5.41, 5.74) is -2.01. The van der Waals surface area contributed by atoms with Crippen molar-refractivity contribution in [3.05, 3.63) is 0 Å². The second kappa shape index (κ2) is 2.03. The van der Waals surface area contributed by atoms with E-state index in [-0.39, 0.29) is 0 Å². The summed E-state index contributed by atoms with van der Waals surface area (Å²) in [4.78, 5) is 22.8. The van der Waals surface area contributed by atoms with E-state index in [1.807, 2.05) is 0 Å². The van der Waals surface area contributed by atoms with Gasteiger partial charge in [-0.25, -0.2) is 4.39 Å². The molecule has 1 fully saturated rings. The van der Waals surface area contributed by atoms with Crippen molar-refractivity contribution in [3.8, 4) is 0 Å². The van der Waals surface area contributed by atoms with Crippen molar-refractivity contribution in [3.63, 3.8) is 0 Å². The number of likely N-dealkylation sites (tertiary alicyclic amines) is 1. The van der Waals surface area contributed by atoms with Crippen molar-refractivity contribution in [2.75, 3.05) is 7.05 Å². The highest BCUT2D eigenvalue weighted by molar-refractivity contribution is 6.08. The smallest absolute Gasteiger partial charge is 0.267 e. The molecule has 1 aliphatic rings. The first-order chi connectivity index (χ1) is 4.89. The Morgan fingerprint density at radius 2 is 2.00 bits per heavy atom. The second-order valence-electron chi connectivity index (χ2n) is 3.00. The summed E-state index contributed by atoms with van der Waals surface area (Å²) in [5, 5.41) is 0. The maximum atomic E-state index is 13.3. The molecule has 1 aliphatic heterocycles. The van der Waals surface area contributed by atoms with Gasteiger partial charge in [0.25, 0.3) is 5.91 Å². The summed E-state index contributed by atoms with van der Waals surface area (Å²) < 4.78 is 13.3. The third kappa shape index (κ3) is 0.852. The predicted octanol–water partition coefficient (Wildman–Crippen LogP) is 0.349. The highest BCUT2D eigenvalue weighted by Gasteiger charge is 2.53. The lowest BCUT2D eigenvalue weighted by molar-refractivity contribution is -0.140. The molecule has 0 aromatic rings. The zero-order valence-corrected chi connectivity index (χ0v) is 6.72. The highest BCUT2D eigenvalue weighted by Crippen LogP contribution is 2.31. The quantitative estimate of drug-likeness (QED) is 0.478. The Balaban J connectivity index is 3.06. The van der Waals surface area contributed by atoms with Gasteiger partial charge in [0.05, 0.1) is 5.92 Å². The van der Waals surface area contributed by atoms with E-state index in [0.717, 1.165) is 11.8 Å². The number of hydrogen-bond donors (Lipinski definition) is 0. The van der Waals surface area contributed by atoms with Crippen LogP contribution in [0.2, 0.25) is 0 Å². The molecule has 2 atom stereocenters. The molecule has 3 nitrogen and oxygen atoms in total. The van der Waals surface area contributed by atoms with Crippen LogP contribution >= 0.6 is 0 Å². The van der Waals surface area contributed by atoms with Crippen molar-refractivity contribution in [2.45, 2.75) is 19.5 Å². The maximum absolute atomic E-state index is 13.3. The third-order valence-electron chi connectivity index (χ3n) is 2.24. The van der Waals surface area contributed by atoms with E-state index in [2.05, 4.69) is 0 Å². The molecule has 0 saturated carbocycles. The molecule has 0 radical (unpaired) electrons. The first kappa shape index (κ1) is 8.17. The van der Waals surface area contributed by atoms with Crippen LogP contribution < -0.4 is 0 Å². The fraction of sp³-hybridized carbons (Fsp3) is 0.714. The van der Waals surface area contributed by atoms with Crippen LogP contribution in [0.4, 0.5) is 4.39 Å². The molecule has 1 rings (SSSR count). The van der Waals surface area contributed by atoms with Gasteiger partial charge in [-0.1, -0.05) is 0 Å². The Morgan fingerprint density at radius 1 is 1.55 bits per heavy atom. The monoisotopic (exact) mass is 159 g/mol. The number of alkyl halides is 1. The number of rotatable bonds is 0. The summed E-state index contributed by atoms with van der Waals surface area (Å²) in [6.45, 7) is 2.56. The zero-order valence-electron chi connectivity index (χ0n) is 6.72. The van der Waals surface area contributed by atoms with Crippen molar-refractivity contribution < 1.29 is 14.0 Å². The Labute approximate surface area is 64.2 Å². The number of nitrogens with zero attached hydrogens (tertiary/aromatic N) is 1. The molecular formula is C7H10FNO2. The van der Waals surface area contributed by atoms with E-state index in [4.69, 9.17) is 0 Å². The molecule has 62 valence electrons. The first-order valence-corrected chi connectivity index (χ1v) is 3.40. The average molecular weight is 159 g/mol. The Hall–Kier alpha value is -0.930. The molecule has 11 heavy (non-hydrogen) atoms. The van der Waals surface area contributed by atoms with Gasteiger partial charge in [-0.3, -0.25) is 14.5 Å². The zero-order chi connectivity index (χ0) is 8.81. The maximum Gasteiger partial charge on any atom is 0.267 e. The van der Waals surface area contributed by atoms with E-state index in [1.165, 1.54) is 14.0 Å². The molecule has 4 heteroatoms. The fourth-order valence-electron chi connectivity index (χ4n) is 1.14. The van der Waals surface area contributed by atoms with E-state index in [0.29, 0.717) is 0 Å². The van der Waals surface area contributed by atoms with E-state index < -0.39 is 23.4 Å². The van der Waals surface area contributed by atoms with E-state index in [9.17, 15) is 14.0 Å². The van der Waals surface area contributed by atoms with Crippen LogP contribution in [0.5, 0.6) is 0 Å². The fourth-order valence-corrected chi connectivity index (χ4v) is 1.14. The molecule has 0 aliphatic carbocycles. The van der Waals surface area contributed by atoms with Crippen LogP contribution in [0.15, 0.2) is 0 Å². The number of carbonyl (C=O) groups is 2. The standard InChI is InChI=1S/C7H10FNO2/c1-4-5(10)9(3)6(11)7(4,2)8/h4H,1-3H3. The Bertz CT molecular complexity index is 224. The number of imide groups is 1. The number of hydrogen-bond acceptors (Lipinski definition) is 2. The summed E-state index contributed by atoms with van der Waals surface area (Å²) in [7, 11) is 1.30. The van der Waals surface area contributed by atoms with E-state index in [1.54, 1.807) is 0 Å². The van der Waals surface area contributed by atoms with Crippen LogP contribution in [0, 0.1) is 5.92 Å². The van der Waals surface area contributed by atoms with Crippen molar-refractivity contribution in [2.24, 2.45) is 5.92 Å². The van der Waals surface area contributed by atoms with Crippen LogP contribution in [0.1, 0.15) is 13.8 Å². The average Bonchev–Trinajstić information content (AvgIpc) is 2.06. The molecule has 0 bridgehead atoms. The molecule has 0 aromatic heterocycles. The molecule has 1 heterocycles. The minimum Gasteiger partial charge on any atom is -0.283 e. The molecule has 0 spiro atoms. The Morgan fingerprint density at radius 3 is 2.09 bits per heavy atom. The van der Waals surface area contributed by atoms with Gasteiger partial charge in [-0.2, -0.15) is 0 Å². The third-order valence-corrected chi connectivity index (χ3v) is 2.24. The van der Waals surface area contributed by atoms with Crippen LogP contribution in [-0.2, 0) is 9.59 Å². The summed E-state index contributed by atoms with van der Waals surface area (Å²) in [6, 6.07) is 0. The van der Waals surface area contributed by atoms with E-state index >= 15 is 0 Å². The highest BCUT2D eigenvalue weighted by atomic mass is 19.1. The van der Waals surface area contributed by atoms with Crippen LogP contribution in [0.25, 0.3) is 0 Å². The predicted molar refractivity (Wildman–Crippen MR) is 36.5 cm³/mol. The van der Waals surface area contributed by atoms with Gasteiger partial charge in [0.1, 0.15) is 0 Å². The molecule has 2 unspecified atom stereocenters. The van der Waals surface area contributed by atoms with Gasteiger partial charge >= 0.3 is 0 Å². The normalized spacial score (nSPS) is 38.5. The topological polar surface area (TPSA) is 37.4 Å². The van der Waals surface area contributed by atoms with Gasteiger partial charge < -0.3 is 0 Å². The minimum absolute atomic E-state index is 0.444. The van der Waals surface area contributed by atoms with Crippen LogP contribution in [0.3, 0.4) is 0 Å². The lowest BCUT2D eigenvalue weighted by Gasteiger charge is -2.12. The van der Waals surface area contributed by atoms with Gasteiger partial charge in [-0.15, -0.1) is 0 Å². The van der Waals surface area contributed by atoms with Gasteiger partial charge in [-0.05, 0) is 13.8 Å². The van der Waals surface area contributed by atoms with Crippen LogP contribution in [-0.4, -0.2) is 29.4 Å². The van der Waals surface area contributed by atoms with Gasteiger partial charge in [0, 0.05) is 7.05 Å². The SMILES string of the molecule is CC1C(=O)N(C)C(=O)C1(C)F. The molecule has 0 aromatic carbocycles. The molecule has 1 saturated heterocycles. The van der Waals surface area contributed by atoms with Crippen molar-refractivity contribution in [1.29, 1.82) is 0 Å². The summed E-state index contributed by atoms with van der Waals surface area (Å²) in [5.74, 6) is -2.03. The number of halogens is 1. The Kier molecular flexibility index (Phi) is 1.51. The lowest BCUT2D eigenvalue weighted by Crippen LogP contribution is -2.33. The second-order valence-corrected chi connectivity index (χ2v) is 3.00. The number of carbonyl (C=O) groups excluding carboxylic acids is 2.